The van der Waals surface area contributed by atoms with Crippen LogP contribution in [-0.4, -0.2) is 23.0 Å². The number of hydrogen-bond acceptors (Lipinski definition) is 5. The SMILES string of the molecule is COC(=O)/C(=C\c1ccc(Br)cc1)c1nc2sc(C)c(C)c2c(=O)[nH]1. The number of thiophene rings is 1. The van der Waals surface area contributed by atoms with E-state index in [0.717, 1.165) is 20.5 Å². The first-order valence-corrected chi connectivity index (χ1v) is 9.07. The molecule has 0 saturated heterocycles. The average molecular weight is 419 g/mol. The Morgan fingerprint density at radius 2 is 1.96 bits per heavy atom. The van der Waals surface area contributed by atoms with E-state index in [2.05, 4.69) is 25.9 Å². The first-order chi connectivity index (χ1) is 11.9. The van der Waals surface area contributed by atoms with Gasteiger partial charge in [-0.1, -0.05) is 28.1 Å². The minimum absolute atomic E-state index is 0.201. The van der Waals surface area contributed by atoms with Gasteiger partial charge < -0.3 is 9.72 Å². The van der Waals surface area contributed by atoms with Gasteiger partial charge in [-0.05, 0) is 43.2 Å². The monoisotopic (exact) mass is 418 g/mol. The van der Waals surface area contributed by atoms with E-state index in [9.17, 15) is 9.59 Å². The second-order valence-electron chi connectivity index (χ2n) is 5.48. The lowest BCUT2D eigenvalue weighted by Gasteiger charge is -2.06. The zero-order valence-electron chi connectivity index (χ0n) is 13.8. The second kappa shape index (κ2) is 6.93. The smallest absolute Gasteiger partial charge is 0.341 e. The predicted molar refractivity (Wildman–Crippen MR) is 104 cm³/mol. The van der Waals surface area contributed by atoms with E-state index in [1.807, 2.05) is 38.1 Å². The summed E-state index contributed by atoms with van der Waals surface area (Å²) in [4.78, 5) is 33.6. The number of ether oxygens (including phenoxy) is 1. The number of rotatable bonds is 3. The van der Waals surface area contributed by atoms with Crippen molar-refractivity contribution in [2.24, 2.45) is 0 Å². The Bertz CT molecular complexity index is 1050. The Balaban J connectivity index is 2.20. The van der Waals surface area contributed by atoms with E-state index in [4.69, 9.17) is 4.74 Å². The summed E-state index contributed by atoms with van der Waals surface area (Å²) >= 11 is 4.81. The number of esters is 1. The van der Waals surface area contributed by atoms with E-state index in [1.54, 1.807) is 6.08 Å². The van der Waals surface area contributed by atoms with Gasteiger partial charge in [-0.3, -0.25) is 4.79 Å². The highest BCUT2D eigenvalue weighted by Crippen LogP contribution is 2.27. The largest absolute Gasteiger partial charge is 0.465 e. The fraction of sp³-hybridized carbons (Fsp3) is 0.167. The van der Waals surface area contributed by atoms with Crippen LogP contribution in [0.4, 0.5) is 0 Å². The van der Waals surface area contributed by atoms with E-state index >= 15 is 0 Å². The summed E-state index contributed by atoms with van der Waals surface area (Å²) in [6.45, 7) is 3.84. The number of benzene rings is 1. The molecule has 0 spiro atoms. The summed E-state index contributed by atoms with van der Waals surface area (Å²) < 4.78 is 5.80. The number of nitrogens with zero attached hydrogens (tertiary/aromatic N) is 1. The molecular weight excluding hydrogens is 404 g/mol. The lowest BCUT2D eigenvalue weighted by Crippen LogP contribution is -2.15. The van der Waals surface area contributed by atoms with Gasteiger partial charge in [0.25, 0.3) is 5.56 Å². The zero-order valence-corrected chi connectivity index (χ0v) is 16.2. The third-order valence-corrected chi connectivity index (χ3v) is 5.51. The molecule has 0 fully saturated rings. The molecule has 7 heteroatoms. The maximum absolute atomic E-state index is 12.5. The summed E-state index contributed by atoms with van der Waals surface area (Å²) in [6, 6.07) is 7.43. The van der Waals surface area contributed by atoms with E-state index in [1.165, 1.54) is 18.4 Å². The Labute approximate surface area is 156 Å². The van der Waals surface area contributed by atoms with Crippen LogP contribution < -0.4 is 5.56 Å². The molecule has 0 aliphatic carbocycles. The van der Waals surface area contributed by atoms with Crippen LogP contribution in [-0.2, 0) is 9.53 Å². The number of aromatic nitrogens is 2. The Morgan fingerprint density at radius 3 is 2.60 bits per heavy atom. The molecule has 3 rings (SSSR count). The maximum Gasteiger partial charge on any atom is 0.341 e. The van der Waals surface area contributed by atoms with Gasteiger partial charge in [-0.2, -0.15) is 0 Å². The third-order valence-electron chi connectivity index (χ3n) is 3.88. The highest BCUT2D eigenvalue weighted by atomic mass is 79.9. The van der Waals surface area contributed by atoms with Crippen molar-refractivity contribution in [1.82, 2.24) is 9.97 Å². The van der Waals surface area contributed by atoms with Crippen molar-refractivity contribution in [2.45, 2.75) is 13.8 Å². The standard InChI is InChI=1S/C18H15BrN2O3S/c1-9-10(2)25-17-14(9)16(22)20-15(21-17)13(18(23)24-3)8-11-4-6-12(19)7-5-11/h4-8H,1-3H3,(H,20,21,22)/b13-8-. The fourth-order valence-electron chi connectivity index (χ4n) is 2.44. The fourth-order valence-corrected chi connectivity index (χ4v) is 3.74. The van der Waals surface area contributed by atoms with Gasteiger partial charge in [0, 0.05) is 9.35 Å². The van der Waals surface area contributed by atoms with Crippen LogP contribution in [0.5, 0.6) is 0 Å². The number of aromatic amines is 1. The number of carbonyl (C=O) groups excluding carboxylic acids is 1. The topological polar surface area (TPSA) is 72.0 Å². The van der Waals surface area contributed by atoms with E-state index < -0.39 is 5.97 Å². The summed E-state index contributed by atoms with van der Waals surface area (Å²) in [7, 11) is 1.30. The van der Waals surface area contributed by atoms with Crippen LogP contribution in [0, 0.1) is 13.8 Å². The van der Waals surface area contributed by atoms with Crippen LogP contribution in [0.1, 0.15) is 21.8 Å². The highest BCUT2D eigenvalue weighted by molar-refractivity contribution is 9.10. The quantitative estimate of drug-likeness (QED) is 0.513. The molecule has 2 aromatic heterocycles. The molecule has 0 aliphatic heterocycles. The van der Waals surface area contributed by atoms with Crippen LogP contribution in [0.3, 0.4) is 0 Å². The van der Waals surface area contributed by atoms with Crippen molar-refractivity contribution in [2.75, 3.05) is 7.11 Å². The van der Waals surface area contributed by atoms with Crippen molar-refractivity contribution in [3.05, 3.63) is 60.9 Å². The first kappa shape index (κ1) is 17.6. The number of carbonyl (C=O) groups is 1. The molecule has 1 aromatic carbocycles. The molecule has 0 atom stereocenters. The number of methoxy groups -OCH3 is 1. The number of aryl methyl sites for hydroxylation is 2. The molecule has 2 heterocycles. The summed E-state index contributed by atoms with van der Waals surface area (Å²) in [5.41, 5.74) is 1.65. The molecule has 1 N–H and O–H groups in total. The summed E-state index contributed by atoms with van der Waals surface area (Å²) in [5, 5.41) is 0.569. The normalized spacial score (nSPS) is 11.8. The van der Waals surface area contributed by atoms with E-state index in [-0.39, 0.29) is 17.0 Å². The molecule has 0 aliphatic rings. The van der Waals surface area contributed by atoms with Crippen LogP contribution >= 0.6 is 27.3 Å². The van der Waals surface area contributed by atoms with Crippen LogP contribution in [0.15, 0.2) is 33.5 Å². The lowest BCUT2D eigenvalue weighted by molar-refractivity contribution is -0.133. The zero-order chi connectivity index (χ0) is 18.1. The number of nitrogens with one attached hydrogen (secondary N) is 1. The van der Waals surface area contributed by atoms with Gasteiger partial charge in [0.15, 0.2) is 0 Å². The van der Waals surface area contributed by atoms with Crippen molar-refractivity contribution < 1.29 is 9.53 Å². The number of H-pyrrole nitrogens is 1. The van der Waals surface area contributed by atoms with Gasteiger partial charge in [-0.25, -0.2) is 9.78 Å². The molecule has 25 heavy (non-hydrogen) atoms. The van der Waals surface area contributed by atoms with Crippen molar-refractivity contribution in [1.29, 1.82) is 0 Å². The number of halogens is 1. The molecule has 0 amide bonds. The maximum atomic E-state index is 12.5. The van der Waals surface area contributed by atoms with Crippen molar-refractivity contribution in [3.8, 4) is 0 Å². The second-order valence-corrected chi connectivity index (χ2v) is 7.60. The van der Waals surface area contributed by atoms with Crippen LogP contribution in [0.25, 0.3) is 21.9 Å². The summed E-state index contributed by atoms with van der Waals surface area (Å²) in [5.74, 6) is -0.357. The predicted octanol–water partition coefficient (Wildman–Crippen LogP) is 4.08. The van der Waals surface area contributed by atoms with Gasteiger partial charge in [0.05, 0.1) is 12.5 Å². The Morgan fingerprint density at radius 1 is 1.28 bits per heavy atom. The molecular formula is C18H15BrN2O3S. The van der Waals surface area contributed by atoms with Crippen LogP contribution in [0.2, 0.25) is 0 Å². The lowest BCUT2D eigenvalue weighted by atomic mass is 10.1. The van der Waals surface area contributed by atoms with Crippen molar-refractivity contribution in [3.63, 3.8) is 0 Å². The average Bonchev–Trinajstić information content (AvgIpc) is 2.88. The van der Waals surface area contributed by atoms with Gasteiger partial charge in [-0.15, -0.1) is 11.3 Å². The Kier molecular flexibility index (Phi) is 4.87. The molecule has 5 nitrogen and oxygen atoms in total. The van der Waals surface area contributed by atoms with Gasteiger partial charge >= 0.3 is 5.97 Å². The summed E-state index contributed by atoms with van der Waals surface area (Å²) in [6.07, 6.45) is 1.65. The number of fused-ring (bicyclic) bond motifs is 1. The molecule has 0 saturated carbocycles. The molecule has 3 aromatic rings. The Hall–Kier alpha value is -2.25. The number of hydrogen-bond donors (Lipinski definition) is 1. The highest BCUT2D eigenvalue weighted by Gasteiger charge is 2.19. The van der Waals surface area contributed by atoms with Gasteiger partial charge in [0.2, 0.25) is 0 Å². The van der Waals surface area contributed by atoms with Crippen molar-refractivity contribution >= 4 is 55.1 Å². The first-order valence-electron chi connectivity index (χ1n) is 7.46. The third kappa shape index (κ3) is 3.43. The minimum Gasteiger partial charge on any atom is -0.465 e. The minimum atomic E-state index is -0.560. The molecule has 0 bridgehead atoms. The van der Waals surface area contributed by atoms with Gasteiger partial charge in [0.1, 0.15) is 16.2 Å². The molecule has 0 radical (unpaired) electrons. The molecule has 128 valence electrons. The molecule has 0 unspecified atom stereocenters. The van der Waals surface area contributed by atoms with E-state index in [0.29, 0.717) is 10.2 Å².